The zero-order valence-electron chi connectivity index (χ0n) is 24.1. The third-order valence-corrected chi connectivity index (χ3v) is 7.66. The highest BCUT2D eigenvalue weighted by atomic mass is 32.2. The molecule has 0 aromatic heterocycles. The Hall–Kier alpha value is -5.38. The van der Waals surface area contributed by atoms with Gasteiger partial charge in [-0.2, -0.15) is 13.2 Å². The molecule has 9 nitrogen and oxygen atoms in total. The van der Waals surface area contributed by atoms with Gasteiger partial charge in [-0.05, 0) is 60.2 Å². The fraction of sp³-hybridized carbons (Fsp3) is 0.129. The van der Waals surface area contributed by atoms with Crippen LogP contribution in [0.25, 0.3) is 16.8 Å². The Labute approximate surface area is 263 Å². The van der Waals surface area contributed by atoms with E-state index in [0.29, 0.717) is 18.2 Å². The lowest BCUT2D eigenvalue weighted by molar-refractivity contribution is -0.146. The number of hydrogen-bond donors (Lipinski definition) is 1. The van der Waals surface area contributed by atoms with Crippen LogP contribution in [-0.4, -0.2) is 32.6 Å². The first-order valence-electron chi connectivity index (χ1n) is 13.2. The Kier molecular flexibility index (Phi) is 9.65. The molecule has 0 unspecified atom stereocenters. The molecule has 1 N–H and O–H groups in total. The maximum atomic E-state index is 14.4. The summed E-state index contributed by atoms with van der Waals surface area (Å²) in [5.41, 5.74) is -1.89. The molecule has 0 aliphatic carbocycles. The van der Waals surface area contributed by atoms with Gasteiger partial charge in [0.2, 0.25) is 0 Å². The third-order valence-electron chi connectivity index (χ3n) is 6.22. The van der Waals surface area contributed by atoms with E-state index >= 15 is 0 Å². The number of benzene rings is 4. The van der Waals surface area contributed by atoms with Crippen LogP contribution in [0.3, 0.4) is 0 Å². The molecule has 47 heavy (non-hydrogen) atoms. The monoisotopic (exact) mass is 680 g/mol. The number of fused-ring (bicyclic) bond motifs is 1. The van der Waals surface area contributed by atoms with Gasteiger partial charge in [0.1, 0.15) is 0 Å². The SMILES string of the molecule is CC(=O)Oc1ccc(/C=C/C(=O)N(c2cccc3c(S(=O)(=O)Nc4ccc(C(F)(F)F)cc4)cccc23)C(F)(F)F)cc1OC(C)=O. The van der Waals surface area contributed by atoms with Gasteiger partial charge in [-0.15, -0.1) is 13.2 Å². The quantitative estimate of drug-likeness (QED) is 0.0695. The molecule has 0 aliphatic rings. The summed E-state index contributed by atoms with van der Waals surface area (Å²) in [5, 5.41) is -0.507. The average molecular weight is 681 g/mol. The van der Waals surface area contributed by atoms with Crippen LogP contribution < -0.4 is 19.1 Å². The maximum absolute atomic E-state index is 14.4. The van der Waals surface area contributed by atoms with Crippen LogP contribution >= 0.6 is 0 Å². The molecule has 0 aliphatic heterocycles. The van der Waals surface area contributed by atoms with E-state index in [1.165, 1.54) is 18.2 Å². The van der Waals surface area contributed by atoms with Gasteiger partial charge >= 0.3 is 24.4 Å². The summed E-state index contributed by atoms with van der Waals surface area (Å²) in [6.07, 6.45) is -8.40. The number of ether oxygens (including phenoxy) is 2. The Balaban J connectivity index is 1.71. The fourth-order valence-corrected chi connectivity index (χ4v) is 5.64. The summed E-state index contributed by atoms with van der Waals surface area (Å²) in [6, 6.07) is 13.4. The number of carbonyl (C=O) groups excluding carboxylic acids is 3. The number of halogens is 6. The number of sulfonamides is 1. The Morgan fingerprint density at radius 3 is 1.96 bits per heavy atom. The van der Waals surface area contributed by atoms with Gasteiger partial charge in [0, 0.05) is 36.4 Å². The van der Waals surface area contributed by atoms with Crippen molar-refractivity contribution in [1.29, 1.82) is 0 Å². The number of carbonyl (C=O) groups is 3. The topological polar surface area (TPSA) is 119 Å². The number of esters is 2. The third kappa shape index (κ3) is 8.26. The van der Waals surface area contributed by atoms with Crippen LogP contribution in [0.15, 0.2) is 89.8 Å². The molecule has 4 aromatic rings. The highest BCUT2D eigenvalue weighted by molar-refractivity contribution is 7.93. The highest BCUT2D eigenvalue weighted by Crippen LogP contribution is 2.38. The summed E-state index contributed by atoms with van der Waals surface area (Å²) in [6.45, 7) is 2.16. The molecule has 0 bridgehead atoms. The van der Waals surface area contributed by atoms with Crippen molar-refractivity contribution in [3.05, 3.63) is 96.1 Å². The summed E-state index contributed by atoms with van der Waals surface area (Å²) >= 11 is 0. The Morgan fingerprint density at radius 1 is 0.766 bits per heavy atom. The van der Waals surface area contributed by atoms with Gasteiger partial charge in [0.05, 0.1) is 16.1 Å². The molecule has 0 saturated heterocycles. The minimum atomic E-state index is -5.30. The van der Waals surface area contributed by atoms with Crippen molar-refractivity contribution < 1.29 is 58.6 Å². The zero-order chi connectivity index (χ0) is 34.7. The minimum Gasteiger partial charge on any atom is -0.423 e. The molecule has 246 valence electrons. The van der Waals surface area contributed by atoms with E-state index < -0.39 is 61.4 Å². The van der Waals surface area contributed by atoms with E-state index in [1.54, 1.807) is 0 Å². The smallest absolute Gasteiger partial charge is 0.423 e. The maximum Gasteiger partial charge on any atom is 0.491 e. The predicted molar refractivity (Wildman–Crippen MR) is 158 cm³/mol. The van der Waals surface area contributed by atoms with Crippen molar-refractivity contribution in [2.45, 2.75) is 31.2 Å². The lowest BCUT2D eigenvalue weighted by atomic mass is 10.1. The average Bonchev–Trinajstić information content (AvgIpc) is 2.95. The molecular formula is C31H22F6N2O7S. The molecule has 4 rings (SSSR count). The molecular weight excluding hydrogens is 658 g/mol. The van der Waals surface area contributed by atoms with Crippen LogP contribution in [0, 0.1) is 0 Å². The summed E-state index contributed by atoms with van der Waals surface area (Å²) in [4.78, 5) is 34.9. The number of nitrogens with one attached hydrogen (secondary N) is 1. The van der Waals surface area contributed by atoms with E-state index in [-0.39, 0.29) is 33.5 Å². The number of amides is 1. The number of alkyl halides is 6. The van der Waals surface area contributed by atoms with Crippen molar-refractivity contribution in [2.24, 2.45) is 0 Å². The molecule has 0 saturated carbocycles. The largest absolute Gasteiger partial charge is 0.491 e. The van der Waals surface area contributed by atoms with Gasteiger partial charge in [-0.1, -0.05) is 30.3 Å². The zero-order valence-corrected chi connectivity index (χ0v) is 25.0. The van der Waals surface area contributed by atoms with Crippen molar-refractivity contribution >= 4 is 56.1 Å². The summed E-state index contributed by atoms with van der Waals surface area (Å²) < 4.78 is 120. The van der Waals surface area contributed by atoms with Crippen LogP contribution in [-0.2, 0) is 30.6 Å². The molecule has 0 atom stereocenters. The van der Waals surface area contributed by atoms with Crippen LogP contribution in [0.4, 0.5) is 37.7 Å². The molecule has 0 spiro atoms. The number of rotatable bonds is 8. The van der Waals surface area contributed by atoms with Crippen molar-refractivity contribution in [3.63, 3.8) is 0 Å². The molecule has 0 radical (unpaired) electrons. The van der Waals surface area contributed by atoms with Crippen LogP contribution in [0.5, 0.6) is 11.5 Å². The minimum absolute atomic E-state index is 0.0910. The first kappa shape index (κ1) is 34.5. The second-order valence-electron chi connectivity index (χ2n) is 9.68. The van der Waals surface area contributed by atoms with Gasteiger partial charge in [-0.25, -0.2) is 13.3 Å². The van der Waals surface area contributed by atoms with Crippen LogP contribution in [0.2, 0.25) is 0 Å². The van der Waals surface area contributed by atoms with Gasteiger partial charge in [0.15, 0.2) is 11.5 Å². The van der Waals surface area contributed by atoms with E-state index in [1.807, 2.05) is 0 Å². The number of nitrogens with zero attached hydrogens (tertiary/aromatic N) is 1. The van der Waals surface area contributed by atoms with Crippen molar-refractivity contribution in [1.82, 2.24) is 0 Å². The Morgan fingerprint density at radius 2 is 1.36 bits per heavy atom. The second kappa shape index (κ2) is 13.2. The summed E-state index contributed by atoms with van der Waals surface area (Å²) in [7, 11) is -4.55. The number of hydrogen-bond acceptors (Lipinski definition) is 7. The lowest BCUT2D eigenvalue weighted by Crippen LogP contribution is -2.42. The number of anilines is 2. The first-order valence-corrected chi connectivity index (χ1v) is 14.7. The highest BCUT2D eigenvalue weighted by Gasteiger charge is 2.42. The standard InChI is InChI=1S/C31H22F6N2O7S/c1-18(40)45-26-15-9-20(17-27(26)46-19(2)41)10-16-29(42)39(31(35,36)37)25-7-3-6-24-23(25)5-4-8-28(24)47(43,44)38-22-13-11-21(12-14-22)30(32,33)34/h3-17,38H,1-2H3/b16-10+. The predicted octanol–water partition coefficient (Wildman–Crippen LogP) is 7.08. The fourth-order valence-electron chi connectivity index (χ4n) is 4.36. The second-order valence-corrected chi connectivity index (χ2v) is 11.3. The first-order chi connectivity index (χ1) is 21.9. The van der Waals surface area contributed by atoms with E-state index in [4.69, 9.17) is 9.47 Å². The van der Waals surface area contributed by atoms with Gasteiger partial charge in [-0.3, -0.25) is 19.1 Å². The van der Waals surface area contributed by atoms with Gasteiger partial charge in [0.25, 0.3) is 15.9 Å². The lowest BCUT2D eigenvalue weighted by Gasteiger charge is -2.25. The molecule has 1 amide bonds. The van der Waals surface area contributed by atoms with Gasteiger partial charge < -0.3 is 9.47 Å². The Bertz CT molecular complexity index is 1990. The van der Waals surface area contributed by atoms with Crippen molar-refractivity contribution in [3.8, 4) is 11.5 Å². The normalized spacial score (nSPS) is 12.2. The van der Waals surface area contributed by atoms with E-state index in [9.17, 15) is 49.1 Å². The molecule has 4 aromatic carbocycles. The van der Waals surface area contributed by atoms with Crippen molar-refractivity contribution in [2.75, 3.05) is 9.62 Å². The summed E-state index contributed by atoms with van der Waals surface area (Å²) in [5.74, 6) is -3.49. The molecule has 16 heteroatoms. The van der Waals surface area contributed by atoms with E-state index in [2.05, 4.69) is 4.72 Å². The molecule has 0 heterocycles. The van der Waals surface area contributed by atoms with E-state index in [0.717, 1.165) is 68.5 Å². The molecule has 0 fully saturated rings. The van der Waals surface area contributed by atoms with Crippen LogP contribution in [0.1, 0.15) is 25.0 Å².